The van der Waals surface area contributed by atoms with Crippen LogP contribution in [0.15, 0.2) is 29.2 Å². The Balaban J connectivity index is 2.13. The Morgan fingerprint density at radius 3 is 2.63 bits per heavy atom. The van der Waals surface area contributed by atoms with Crippen molar-refractivity contribution in [1.29, 1.82) is 0 Å². The van der Waals surface area contributed by atoms with Crippen molar-refractivity contribution in [2.24, 2.45) is 5.92 Å². The largest absolute Gasteiger partial charge is 0.313 e. The van der Waals surface area contributed by atoms with Gasteiger partial charge in [-0.25, -0.2) is 13.1 Å². The number of hydrogen-bond donors (Lipinski definition) is 2. The Kier molecular flexibility index (Phi) is 4.60. The minimum Gasteiger partial charge on any atom is -0.313 e. The first-order valence-corrected chi connectivity index (χ1v) is 8.34. The first-order chi connectivity index (χ1) is 9.04. The van der Waals surface area contributed by atoms with E-state index >= 15 is 0 Å². The second-order valence-corrected chi connectivity index (χ2v) is 6.91. The number of rotatable bonds is 7. The zero-order valence-corrected chi connectivity index (χ0v) is 12.3. The fourth-order valence-electron chi connectivity index (χ4n) is 2.06. The first kappa shape index (κ1) is 14.5. The molecule has 0 radical (unpaired) electrons. The summed E-state index contributed by atoms with van der Waals surface area (Å²) in [6.07, 6.45) is 1.97. The number of nitrogens with one attached hydrogen (secondary N) is 2. The van der Waals surface area contributed by atoms with Gasteiger partial charge in [0.15, 0.2) is 0 Å². The second-order valence-electron chi connectivity index (χ2n) is 5.23. The van der Waals surface area contributed by atoms with Crippen molar-refractivity contribution in [1.82, 2.24) is 10.0 Å². The first-order valence-electron chi connectivity index (χ1n) is 6.85. The van der Waals surface area contributed by atoms with Crippen LogP contribution in [-0.4, -0.2) is 21.0 Å². The van der Waals surface area contributed by atoms with Crippen molar-refractivity contribution >= 4 is 10.0 Å². The molecule has 1 saturated carbocycles. The van der Waals surface area contributed by atoms with Crippen LogP contribution in [0.5, 0.6) is 0 Å². The van der Waals surface area contributed by atoms with Crippen molar-refractivity contribution in [3.63, 3.8) is 0 Å². The fourth-order valence-corrected chi connectivity index (χ4v) is 3.66. The lowest BCUT2D eigenvalue weighted by atomic mass is 10.2. The molecule has 2 N–H and O–H groups in total. The van der Waals surface area contributed by atoms with E-state index < -0.39 is 10.0 Å². The lowest BCUT2D eigenvalue weighted by molar-refractivity contribution is 0.575. The average Bonchev–Trinajstić information content (AvgIpc) is 3.05. The third kappa shape index (κ3) is 3.78. The number of sulfonamides is 1. The molecule has 0 heterocycles. The van der Waals surface area contributed by atoms with Gasteiger partial charge in [-0.2, -0.15) is 0 Å². The van der Waals surface area contributed by atoms with Crippen LogP contribution in [0.4, 0.5) is 0 Å². The van der Waals surface area contributed by atoms with Crippen molar-refractivity contribution in [3.8, 4) is 0 Å². The van der Waals surface area contributed by atoms with Gasteiger partial charge < -0.3 is 5.32 Å². The van der Waals surface area contributed by atoms with Gasteiger partial charge in [0.05, 0.1) is 4.90 Å². The molecule has 2 rings (SSSR count). The van der Waals surface area contributed by atoms with Crippen LogP contribution in [0.1, 0.15) is 32.3 Å². The Labute approximate surface area is 115 Å². The van der Waals surface area contributed by atoms with E-state index in [1.165, 1.54) is 0 Å². The van der Waals surface area contributed by atoms with E-state index in [2.05, 4.69) is 23.9 Å². The van der Waals surface area contributed by atoms with E-state index in [9.17, 15) is 8.42 Å². The summed E-state index contributed by atoms with van der Waals surface area (Å²) in [6.45, 7) is 5.63. The maximum absolute atomic E-state index is 12.3. The summed E-state index contributed by atoms with van der Waals surface area (Å²) in [5.74, 6) is 0.458. The lowest BCUT2D eigenvalue weighted by Gasteiger charge is -2.11. The van der Waals surface area contributed by atoms with Crippen LogP contribution in [-0.2, 0) is 16.6 Å². The normalized spacial score (nSPS) is 22.4. The summed E-state index contributed by atoms with van der Waals surface area (Å²) in [6, 6.07) is 7.31. The Morgan fingerprint density at radius 2 is 2.00 bits per heavy atom. The predicted molar refractivity (Wildman–Crippen MR) is 76.3 cm³/mol. The maximum Gasteiger partial charge on any atom is 0.241 e. The van der Waals surface area contributed by atoms with E-state index in [4.69, 9.17) is 0 Å². The minimum absolute atomic E-state index is 0.113. The van der Waals surface area contributed by atoms with Gasteiger partial charge in [0.1, 0.15) is 0 Å². The molecule has 1 fully saturated rings. The van der Waals surface area contributed by atoms with Gasteiger partial charge in [-0.05, 0) is 36.9 Å². The standard InChI is InChI=1S/C14H22N2O2S/c1-3-8-15-10-12-6-4-5-7-14(12)19(17,18)16-13-9-11(13)2/h4-7,11,13,15-16H,3,8-10H2,1-2H3. The van der Waals surface area contributed by atoms with Crippen LogP contribution in [0.3, 0.4) is 0 Å². The summed E-state index contributed by atoms with van der Waals surface area (Å²) in [5.41, 5.74) is 0.830. The highest BCUT2D eigenvalue weighted by Gasteiger charge is 2.36. The van der Waals surface area contributed by atoms with Crippen LogP contribution >= 0.6 is 0 Å². The molecule has 0 amide bonds. The smallest absolute Gasteiger partial charge is 0.241 e. The monoisotopic (exact) mass is 282 g/mol. The quantitative estimate of drug-likeness (QED) is 0.751. The van der Waals surface area contributed by atoms with Crippen LogP contribution in [0.2, 0.25) is 0 Å². The van der Waals surface area contributed by atoms with Gasteiger partial charge in [-0.1, -0.05) is 32.0 Å². The molecule has 2 unspecified atom stereocenters. The highest BCUT2D eigenvalue weighted by Crippen LogP contribution is 2.31. The third-order valence-corrected chi connectivity index (χ3v) is 5.01. The van der Waals surface area contributed by atoms with Gasteiger partial charge in [0, 0.05) is 12.6 Å². The second kappa shape index (κ2) is 6.03. The predicted octanol–water partition coefficient (Wildman–Crippen LogP) is 1.87. The van der Waals surface area contributed by atoms with E-state index in [0.717, 1.165) is 24.9 Å². The Bertz CT molecular complexity index is 528. The van der Waals surface area contributed by atoms with Gasteiger partial charge in [0.25, 0.3) is 0 Å². The molecular formula is C14H22N2O2S. The van der Waals surface area contributed by atoms with Crippen molar-refractivity contribution in [3.05, 3.63) is 29.8 Å². The van der Waals surface area contributed by atoms with E-state index in [1.54, 1.807) is 12.1 Å². The molecule has 0 saturated heterocycles. The van der Waals surface area contributed by atoms with Crippen LogP contribution in [0, 0.1) is 5.92 Å². The van der Waals surface area contributed by atoms with E-state index in [1.807, 2.05) is 12.1 Å². The maximum atomic E-state index is 12.3. The van der Waals surface area contributed by atoms with E-state index in [0.29, 0.717) is 17.4 Å². The van der Waals surface area contributed by atoms with Crippen LogP contribution in [0.25, 0.3) is 0 Å². The average molecular weight is 282 g/mol. The number of hydrogen-bond acceptors (Lipinski definition) is 3. The summed E-state index contributed by atoms with van der Waals surface area (Å²) in [7, 11) is -3.39. The molecule has 19 heavy (non-hydrogen) atoms. The lowest BCUT2D eigenvalue weighted by Crippen LogP contribution is -2.28. The van der Waals surface area contributed by atoms with Gasteiger partial charge >= 0.3 is 0 Å². The highest BCUT2D eigenvalue weighted by atomic mass is 32.2. The summed E-state index contributed by atoms with van der Waals surface area (Å²) < 4.78 is 27.5. The SMILES string of the molecule is CCCNCc1ccccc1S(=O)(=O)NC1CC1C. The summed E-state index contributed by atoms with van der Waals surface area (Å²) in [4.78, 5) is 0.401. The van der Waals surface area contributed by atoms with Crippen LogP contribution < -0.4 is 10.0 Å². The van der Waals surface area contributed by atoms with Gasteiger partial charge in [-0.15, -0.1) is 0 Å². The van der Waals surface area contributed by atoms with Crippen molar-refractivity contribution in [2.45, 2.75) is 44.2 Å². The highest BCUT2D eigenvalue weighted by molar-refractivity contribution is 7.89. The zero-order valence-electron chi connectivity index (χ0n) is 11.5. The summed E-state index contributed by atoms with van der Waals surface area (Å²) >= 11 is 0. The fraction of sp³-hybridized carbons (Fsp3) is 0.571. The number of benzene rings is 1. The molecule has 4 nitrogen and oxygen atoms in total. The molecule has 1 aromatic carbocycles. The molecule has 1 aromatic rings. The molecule has 106 valence electrons. The van der Waals surface area contributed by atoms with Gasteiger partial charge in [-0.3, -0.25) is 0 Å². The van der Waals surface area contributed by atoms with Crippen molar-refractivity contribution in [2.75, 3.05) is 6.54 Å². The molecule has 0 aromatic heterocycles. The Hall–Kier alpha value is -0.910. The molecule has 0 spiro atoms. The molecule has 1 aliphatic rings. The molecule has 0 bridgehead atoms. The van der Waals surface area contributed by atoms with Crippen molar-refractivity contribution < 1.29 is 8.42 Å². The minimum atomic E-state index is -3.39. The molecular weight excluding hydrogens is 260 g/mol. The van der Waals surface area contributed by atoms with E-state index in [-0.39, 0.29) is 6.04 Å². The molecule has 1 aliphatic carbocycles. The molecule has 2 atom stereocenters. The summed E-state index contributed by atoms with van der Waals surface area (Å²) in [5, 5.41) is 3.25. The Morgan fingerprint density at radius 1 is 1.32 bits per heavy atom. The zero-order chi connectivity index (χ0) is 13.9. The van der Waals surface area contributed by atoms with Gasteiger partial charge in [0.2, 0.25) is 10.0 Å². The molecule has 5 heteroatoms. The third-order valence-electron chi connectivity index (χ3n) is 3.42. The topological polar surface area (TPSA) is 58.2 Å². The molecule has 0 aliphatic heterocycles.